The van der Waals surface area contributed by atoms with E-state index in [1.165, 1.54) is 10.4 Å². The van der Waals surface area contributed by atoms with Gasteiger partial charge in [-0.1, -0.05) is 30.3 Å². The number of aromatic nitrogens is 2. The molecular weight excluding hydrogens is 306 g/mol. The van der Waals surface area contributed by atoms with Crippen molar-refractivity contribution in [3.05, 3.63) is 76.5 Å². The highest BCUT2D eigenvalue weighted by Crippen LogP contribution is 2.11. The predicted molar refractivity (Wildman–Crippen MR) is 92.3 cm³/mol. The molecule has 2 aromatic heterocycles. The number of nitrogens with one attached hydrogen (secondary N) is 1. The third-order valence-corrected chi connectivity index (χ3v) is 4.55. The van der Waals surface area contributed by atoms with Gasteiger partial charge in [0.2, 0.25) is 5.91 Å². The molecule has 1 aromatic carbocycles. The van der Waals surface area contributed by atoms with E-state index < -0.39 is 0 Å². The Balaban J connectivity index is 1.43. The van der Waals surface area contributed by atoms with Crippen molar-refractivity contribution in [2.75, 3.05) is 0 Å². The van der Waals surface area contributed by atoms with E-state index in [0.29, 0.717) is 13.0 Å². The summed E-state index contributed by atoms with van der Waals surface area (Å²) in [5.41, 5.74) is 2.33. The van der Waals surface area contributed by atoms with Gasteiger partial charge in [0.25, 0.3) is 0 Å². The number of carbonyl (C=O) groups is 1. The van der Waals surface area contributed by atoms with Gasteiger partial charge in [-0.15, -0.1) is 11.3 Å². The number of hydrogen-bond acceptors (Lipinski definition) is 3. The predicted octanol–water partition coefficient (Wildman–Crippen LogP) is 3.24. The minimum absolute atomic E-state index is 0.0980. The van der Waals surface area contributed by atoms with Crippen molar-refractivity contribution < 1.29 is 4.79 Å². The average molecular weight is 325 g/mol. The molecule has 0 atom stereocenters. The van der Waals surface area contributed by atoms with Gasteiger partial charge in [-0.3, -0.25) is 4.79 Å². The second kappa shape index (κ2) is 7.74. The van der Waals surface area contributed by atoms with Crippen molar-refractivity contribution in [3.63, 3.8) is 0 Å². The number of amides is 1. The molecule has 2 heterocycles. The molecule has 0 aliphatic rings. The van der Waals surface area contributed by atoms with E-state index in [2.05, 4.69) is 40.6 Å². The lowest BCUT2D eigenvalue weighted by atomic mass is 10.1. The molecule has 0 aliphatic heterocycles. The highest BCUT2D eigenvalue weighted by Gasteiger charge is 2.03. The Morgan fingerprint density at radius 1 is 1.17 bits per heavy atom. The van der Waals surface area contributed by atoms with E-state index in [1.807, 2.05) is 28.5 Å². The second-order valence-electron chi connectivity index (χ2n) is 5.41. The Labute approximate surface area is 139 Å². The minimum Gasteiger partial charge on any atom is -0.352 e. The van der Waals surface area contributed by atoms with E-state index in [0.717, 1.165) is 18.5 Å². The number of rotatable bonds is 7. The van der Waals surface area contributed by atoms with Crippen molar-refractivity contribution in [1.29, 1.82) is 0 Å². The molecule has 0 unspecified atom stereocenters. The van der Waals surface area contributed by atoms with Crippen LogP contribution in [0.3, 0.4) is 0 Å². The lowest BCUT2D eigenvalue weighted by molar-refractivity contribution is -0.121. The molecule has 3 aromatic rings. The summed E-state index contributed by atoms with van der Waals surface area (Å²) in [6.45, 7) is 1.39. The Morgan fingerprint density at radius 3 is 2.70 bits per heavy atom. The minimum atomic E-state index is 0.0980. The van der Waals surface area contributed by atoms with Crippen molar-refractivity contribution in [1.82, 2.24) is 14.9 Å². The largest absolute Gasteiger partial charge is 0.352 e. The molecule has 0 fully saturated rings. The second-order valence-corrected chi connectivity index (χ2v) is 6.44. The van der Waals surface area contributed by atoms with Crippen LogP contribution in [0.5, 0.6) is 0 Å². The SMILES string of the molecule is O=C(CCc1cccs1)NCc1ccc(Cn2ccnc2)cc1. The Morgan fingerprint density at radius 2 is 2.00 bits per heavy atom. The smallest absolute Gasteiger partial charge is 0.220 e. The first-order valence-electron chi connectivity index (χ1n) is 7.62. The van der Waals surface area contributed by atoms with Crippen LogP contribution in [0.2, 0.25) is 0 Å². The van der Waals surface area contributed by atoms with Crippen LogP contribution in [0, 0.1) is 0 Å². The van der Waals surface area contributed by atoms with Gasteiger partial charge in [0.05, 0.1) is 6.33 Å². The van der Waals surface area contributed by atoms with E-state index in [4.69, 9.17) is 0 Å². The monoisotopic (exact) mass is 325 g/mol. The van der Waals surface area contributed by atoms with Gasteiger partial charge in [0.15, 0.2) is 0 Å². The summed E-state index contributed by atoms with van der Waals surface area (Å²) in [7, 11) is 0. The molecule has 1 amide bonds. The number of benzene rings is 1. The van der Waals surface area contributed by atoms with Crippen LogP contribution in [0.25, 0.3) is 0 Å². The van der Waals surface area contributed by atoms with Gasteiger partial charge in [0.1, 0.15) is 0 Å². The first kappa shape index (κ1) is 15.5. The van der Waals surface area contributed by atoms with Crippen molar-refractivity contribution in [3.8, 4) is 0 Å². The number of thiophene rings is 1. The number of carbonyl (C=O) groups excluding carboxylic acids is 1. The summed E-state index contributed by atoms with van der Waals surface area (Å²) in [6.07, 6.45) is 6.89. The van der Waals surface area contributed by atoms with Crippen LogP contribution in [-0.4, -0.2) is 15.5 Å². The van der Waals surface area contributed by atoms with Crippen molar-refractivity contribution >= 4 is 17.2 Å². The fourth-order valence-electron chi connectivity index (χ4n) is 2.33. The summed E-state index contributed by atoms with van der Waals surface area (Å²) < 4.78 is 2.03. The van der Waals surface area contributed by atoms with E-state index in [9.17, 15) is 4.79 Å². The standard InChI is InChI=1S/C18H19N3OS/c22-18(8-7-17-2-1-11-23-17)20-12-15-3-5-16(6-4-15)13-21-10-9-19-14-21/h1-6,9-11,14H,7-8,12-13H2,(H,20,22). The summed E-state index contributed by atoms with van der Waals surface area (Å²) in [5, 5.41) is 5.02. The van der Waals surface area contributed by atoms with Gasteiger partial charge in [0, 0.05) is 36.8 Å². The van der Waals surface area contributed by atoms with Gasteiger partial charge in [-0.2, -0.15) is 0 Å². The molecule has 5 heteroatoms. The summed E-state index contributed by atoms with van der Waals surface area (Å²) in [6, 6.07) is 12.4. The van der Waals surface area contributed by atoms with Crippen LogP contribution in [0.1, 0.15) is 22.4 Å². The quantitative estimate of drug-likeness (QED) is 0.725. The Hall–Kier alpha value is -2.40. The lowest BCUT2D eigenvalue weighted by Crippen LogP contribution is -2.22. The maximum Gasteiger partial charge on any atom is 0.220 e. The number of aryl methyl sites for hydroxylation is 1. The van der Waals surface area contributed by atoms with Crippen LogP contribution in [0.4, 0.5) is 0 Å². The molecule has 3 rings (SSSR count). The maximum absolute atomic E-state index is 11.9. The number of hydrogen-bond donors (Lipinski definition) is 1. The molecule has 23 heavy (non-hydrogen) atoms. The first-order valence-corrected chi connectivity index (χ1v) is 8.50. The number of imidazole rings is 1. The molecule has 0 spiro atoms. The van der Waals surface area contributed by atoms with Gasteiger partial charge in [-0.05, 0) is 29.0 Å². The van der Waals surface area contributed by atoms with E-state index >= 15 is 0 Å². The molecule has 4 nitrogen and oxygen atoms in total. The van der Waals surface area contributed by atoms with Crippen molar-refractivity contribution in [2.45, 2.75) is 25.9 Å². The average Bonchev–Trinajstić information content (AvgIpc) is 3.26. The van der Waals surface area contributed by atoms with Crippen LogP contribution < -0.4 is 5.32 Å². The molecule has 0 bridgehead atoms. The highest BCUT2D eigenvalue weighted by atomic mass is 32.1. The zero-order chi connectivity index (χ0) is 15.9. The van der Waals surface area contributed by atoms with Gasteiger partial charge in [-0.25, -0.2) is 4.98 Å². The van der Waals surface area contributed by atoms with Gasteiger partial charge >= 0.3 is 0 Å². The number of nitrogens with zero attached hydrogens (tertiary/aromatic N) is 2. The summed E-state index contributed by atoms with van der Waals surface area (Å²) in [4.78, 5) is 17.2. The van der Waals surface area contributed by atoms with E-state index in [-0.39, 0.29) is 5.91 Å². The molecule has 0 saturated heterocycles. The molecular formula is C18H19N3OS. The third-order valence-electron chi connectivity index (χ3n) is 3.62. The maximum atomic E-state index is 11.9. The van der Waals surface area contributed by atoms with Crippen molar-refractivity contribution in [2.24, 2.45) is 0 Å². The molecule has 0 saturated carbocycles. The van der Waals surface area contributed by atoms with Crippen LogP contribution >= 0.6 is 11.3 Å². The van der Waals surface area contributed by atoms with E-state index in [1.54, 1.807) is 17.5 Å². The van der Waals surface area contributed by atoms with Crippen LogP contribution in [0.15, 0.2) is 60.5 Å². The zero-order valence-corrected chi connectivity index (χ0v) is 13.6. The normalized spacial score (nSPS) is 10.6. The molecule has 118 valence electrons. The first-order chi connectivity index (χ1) is 11.3. The molecule has 0 aliphatic carbocycles. The fraction of sp³-hybridized carbons (Fsp3) is 0.222. The lowest BCUT2D eigenvalue weighted by Gasteiger charge is -2.07. The Bertz CT molecular complexity index is 718. The zero-order valence-electron chi connectivity index (χ0n) is 12.8. The fourth-order valence-corrected chi connectivity index (χ4v) is 3.04. The van der Waals surface area contributed by atoms with Crippen LogP contribution in [-0.2, 0) is 24.3 Å². The topological polar surface area (TPSA) is 46.9 Å². The highest BCUT2D eigenvalue weighted by molar-refractivity contribution is 7.09. The summed E-state index contributed by atoms with van der Waals surface area (Å²) in [5.74, 6) is 0.0980. The Kier molecular flexibility index (Phi) is 5.21. The van der Waals surface area contributed by atoms with Gasteiger partial charge < -0.3 is 9.88 Å². The molecule has 0 radical (unpaired) electrons. The molecule has 1 N–H and O–H groups in total. The third kappa shape index (κ3) is 4.79. The summed E-state index contributed by atoms with van der Waals surface area (Å²) >= 11 is 1.70.